The van der Waals surface area contributed by atoms with Crippen LogP contribution in [0, 0.1) is 0 Å². The monoisotopic (exact) mass is 276 g/mol. The molecule has 0 saturated carbocycles. The fraction of sp³-hybridized carbons (Fsp3) is 0.562. The number of hydrogen-bond donors (Lipinski definition) is 1. The van der Waals surface area contributed by atoms with Crippen molar-refractivity contribution in [1.29, 1.82) is 0 Å². The lowest BCUT2D eigenvalue weighted by molar-refractivity contribution is -0.130. The van der Waals surface area contributed by atoms with Gasteiger partial charge in [0.25, 0.3) is 0 Å². The lowest BCUT2D eigenvalue weighted by Gasteiger charge is -2.21. The van der Waals surface area contributed by atoms with Crippen molar-refractivity contribution >= 4 is 5.91 Å². The van der Waals surface area contributed by atoms with Crippen LogP contribution in [0.25, 0.3) is 0 Å². The molecule has 1 heterocycles. The number of benzene rings is 1. The summed E-state index contributed by atoms with van der Waals surface area (Å²) in [6.45, 7) is 1.90. The first kappa shape index (κ1) is 14.9. The Labute approximate surface area is 121 Å². The summed E-state index contributed by atoms with van der Waals surface area (Å²) in [6, 6.07) is 8.39. The highest BCUT2D eigenvalue weighted by Gasteiger charge is 2.18. The Bertz CT molecular complexity index is 425. The van der Waals surface area contributed by atoms with Crippen LogP contribution in [0.3, 0.4) is 0 Å². The second-order valence-electron chi connectivity index (χ2n) is 5.42. The van der Waals surface area contributed by atoms with E-state index in [-0.39, 0.29) is 5.91 Å². The molecule has 1 aromatic rings. The molecule has 20 heavy (non-hydrogen) atoms. The Balaban J connectivity index is 1.75. The first-order chi connectivity index (χ1) is 9.69. The Morgan fingerprint density at radius 3 is 2.75 bits per heavy atom. The minimum Gasteiger partial charge on any atom is -0.497 e. The largest absolute Gasteiger partial charge is 0.497 e. The summed E-state index contributed by atoms with van der Waals surface area (Å²) >= 11 is 0. The third-order valence-corrected chi connectivity index (χ3v) is 3.87. The van der Waals surface area contributed by atoms with Crippen LogP contribution in [0.1, 0.15) is 24.8 Å². The van der Waals surface area contributed by atoms with Gasteiger partial charge in [-0.25, -0.2) is 0 Å². The Kier molecular flexibility index (Phi) is 5.41. The van der Waals surface area contributed by atoms with E-state index < -0.39 is 0 Å². The van der Waals surface area contributed by atoms with Gasteiger partial charge in [-0.3, -0.25) is 4.79 Å². The van der Waals surface area contributed by atoms with E-state index in [2.05, 4.69) is 5.32 Å². The molecule has 1 N–H and O–H groups in total. The maximum atomic E-state index is 12.1. The molecule has 0 spiro atoms. The zero-order chi connectivity index (χ0) is 14.4. The summed E-state index contributed by atoms with van der Waals surface area (Å²) in [5.74, 6) is 1.07. The third-order valence-electron chi connectivity index (χ3n) is 3.87. The van der Waals surface area contributed by atoms with Gasteiger partial charge >= 0.3 is 0 Å². The number of aryl methyl sites for hydroxylation is 1. The summed E-state index contributed by atoms with van der Waals surface area (Å²) in [5.41, 5.74) is 1.17. The number of nitrogens with one attached hydrogen (secondary N) is 1. The molecule has 1 saturated heterocycles. The van der Waals surface area contributed by atoms with Crippen LogP contribution < -0.4 is 10.1 Å². The van der Waals surface area contributed by atoms with Crippen molar-refractivity contribution in [3.63, 3.8) is 0 Å². The van der Waals surface area contributed by atoms with Crippen molar-refractivity contribution in [2.45, 2.75) is 31.7 Å². The standard InChI is InChI=1S/C16H24N2O2/c1-18(12-14-4-3-11-17-14)16(19)10-7-13-5-8-15(20-2)9-6-13/h5-6,8-9,14,17H,3-4,7,10-12H2,1-2H3. The van der Waals surface area contributed by atoms with Gasteiger partial charge in [-0.1, -0.05) is 12.1 Å². The zero-order valence-corrected chi connectivity index (χ0v) is 12.4. The fourth-order valence-corrected chi connectivity index (χ4v) is 2.58. The normalized spacial score (nSPS) is 18.0. The Morgan fingerprint density at radius 1 is 1.40 bits per heavy atom. The van der Waals surface area contributed by atoms with Crippen LogP contribution in [-0.4, -0.2) is 44.1 Å². The van der Waals surface area contributed by atoms with Crippen molar-refractivity contribution in [3.8, 4) is 5.75 Å². The molecular formula is C16H24N2O2. The number of ether oxygens (including phenoxy) is 1. The quantitative estimate of drug-likeness (QED) is 0.862. The van der Waals surface area contributed by atoms with E-state index in [9.17, 15) is 4.79 Å². The minimum absolute atomic E-state index is 0.217. The SMILES string of the molecule is COc1ccc(CCC(=O)N(C)CC2CCCN2)cc1. The van der Waals surface area contributed by atoms with Crippen molar-refractivity contribution in [1.82, 2.24) is 10.2 Å². The van der Waals surface area contributed by atoms with E-state index in [1.165, 1.54) is 18.4 Å². The number of methoxy groups -OCH3 is 1. The van der Waals surface area contributed by atoms with E-state index in [1.54, 1.807) is 7.11 Å². The predicted octanol–water partition coefficient (Wildman–Crippen LogP) is 1.84. The molecule has 1 amide bonds. The van der Waals surface area contributed by atoms with Gasteiger partial charge in [-0.2, -0.15) is 0 Å². The summed E-state index contributed by atoms with van der Waals surface area (Å²) < 4.78 is 5.13. The second-order valence-corrected chi connectivity index (χ2v) is 5.42. The molecule has 0 radical (unpaired) electrons. The number of carbonyl (C=O) groups is 1. The van der Waals surface area contributed by atoms with Crippen LogP contribution in [-0.2, 0) is 11.2 Å². The third kappa shape index (κ3) is 4.23. The molecule has 0 aliphatic carbocycles. The van der Waals surface area contributed by atoms with Crippen molar-refractivity contribution in [3.05, 3.63) is 29.8 Å². The van der Waals surface area contributed by atoms with Crippen molar-refractivity contribution < 1.29 is 9.53 Å². The molecule has 1 aliphatic rings. The van der Waals surface area contributed by atoms with Gasteiger partial charge in [0.2, 0.25) is 5.91 Å². The molecule has 2 rings (SSSR count). The Hall–Kier alpha value is -1.55. The molecule has 0 bridgehead atoms. The van der Waals surface area contributed by atoms with E-state index in [4.69, 9.17) is 4.74 Å². The number of amides is 1. The van der Waals surface area contributed by atoms with E-state index >= 15 is 0 Å². The summed E-state index contributed by atoms with van der Waals surface area (Å²) in [6.07, 6.45) is 3.75. The number of carbonyl (C=O) groups excluding carboxylic acids is 1. The number of hydrogen-bond acceptors (Lipinski definition) is 3. The smallest absolute Gasteiger partial charge is 0.222 e. The van der Waals surface area contributed by atoms with E-state index in [1.807, 2.05) is 36.2 Å². The van der Waals surface area contributed by atoms with Gasteiger partial charge in [-0.05, 0) is 43.5 Å². The molecule has 1 aromatic carbocycles. The summed E-state index contributed by atoms with van der Waals surface area (Å²) in [4.78, 5) is 14.0. The fourth-order valence-electron chi connectivity index (χ4n) is 2.58. The lowest BCUT2D eigenvalue weighted by Crippen LogP contribution is -2.38. The summed E-state index contributed by atoms with van der Waals surface area (Å²) in [5, 5.41) is 3.42. The predicted molar refractivity (Wildman–Crippen MR) is 80.0 cm³/mol. The highest BCUT2D eigenvalue weighted by molar-refractivity contribution is 5.76. The van der Waals surface area contributed by atoms with Gasteiger partial charge < -0.3 is 15.0 Å². The molecular weight excluding hydrogens is 252 g/mol. The van der Waals surface area contributed by atoms with Gasteiger partial charge in [0.1, 0.15) is 5.75 Å². The minimum atomic E-state index is 0.217. The maximum Gasteiger partial charge on any atom is 0.222 e. The van der Waals surface area contributed by atoms with E-state index in [0.717, 1.165) is 25.3 Å². The van der Waals surface area contributed by atoms with Gasteiger partial charge in [-0.15, -0.1) is 0 Å². The average Bonchev–Trinajstić information content (AvgIpc) is 2.98. The van der Waals surface area contributed by atoms with Crippen molar-refractivity contribution in [2.75, 3.05) is 27.2 Å². The molecule has 1 atom stereocenters. The lowest BCUT2D eigenvalue weighted by atomic mass is 10.1. The van der Waals surface area contributed by atoms with Crippen LogP contribution >= 0.6 is 0 Å². The van der Waals surface area contributed by atoms with Crippen LogP contribution in [0.5, 0.6) is 5.75 Å². The van der Waals surface area contributed by atoms with Crippen LogP contribution in [0.4, 0.5) is 0 Å². The molecule has 4 nitrogen and oxygen atoms in total. The molecule has 4 heteroatoms. The number of rotatable bonds is 6. The molecule has 0 aromatic heterocycles. The zero-order valence-electron chi connectivity index (χ0n) is 12.4. The van der Waals surface area contributed by atoms with Gasteiger partial charge in [0.15, 0.2) is 0 Å². The number of nitrogens with zero attached hydrogens (tertiary/aromatic N) is 1. The van der Waals surface area contributed by atoms with Crippen molar-refractivity contribution in [2.24, 2.45) is 0 Å². The number of likely N-dealkylation sites (N-methyl/N-ethyl adjacent to an activating group) is 1. The topological polar surface area (TPSA) is 41.6 Å². The van der Waals surface area contributed by atoms with Gasteiger partial charge in [0.05, 0.1) is 7.11 Å². The van der Waals surface area contributed by atoms with Crippen LogP contribution in [0.15, 0.2) is 24.3 Å². The molecule has 1 unspecified atom stereocenters. The maximum absolute atomic E-state index is 12.1. The van der Waals surface area contributed by atoms with E-state index in [0.29, 0.717) is 12.5 Å². The average molecular weight is 276 g/mol. The summed E-state index contributed by atoms with van der Waals surface area (Å²) in [7, 11) is 3.56. The molecule has 110 valence electrons. The first-order valence-corrected chi connectivity index (χ1v) is 7.29. The second kappa shape index (κ2) is 7.29. The highest BCUT2D eigenvalue weighted by atomic mass is 16.5. The van der Waals surface area contributed by atoms with Crippen LogP contribution in [0.2, 0.25) is 0 Å². The Morgan fingerprint density at radius 2 is 2.15 bits per heavy atom. The molecule has 1 aliphatic heterocycles. The highest BCUT2D eigenvalue weighted by Crippen LogP contribution is 2.13. The molecule has 1 fully saturated rings. The van der Waals surface area contributed by atoms with Gasteiger partial charge in [0, 0.05) is 26.1 Å². The first-order valence-electron chi connectivity index (χ1n) is 7.29.